The summed E-state index contributed by atoms with van der Waals surface area (Å²) in [5, 5.41) is 10.1. The van der Waals surface area contributed by atoms with Crippen molar-refractivity contribution in [3.63, 3.8) is 0 Å². The number of benzene rings is 1. The van der Waals surface area contributed by atoms with E-state index < -0.39 is 0 Å². The van der Waals surface area contributed by atoms with Gasteiger partial charge in [0.2, 0.25) is 0 Å². The van der Waals surface area contributed by atoms with Crippen LogP contribution < -0.4 is 4.90 Å². The van der Waals surface area contributed by atoms with Crippen molar-refractivity contribution in [2.45, 2.75) is 27.2 Å². The zero-order valence-corrected chi connectivity index (χ0v) is 12.0. The Balaban J connectivity index is 2.26. The van der Waals surface area contributed by atoms with E-state index in [0.29, 0.717) is 0 Å². The number of hydrogen-bond acceptors (Lipinski definition) is 2. The Kier molecular flexibility index (Phi) is 3.54. The monoisotopic (exact) mass is 262 g/mol. The lowest BCUT2D eigenvalue weighted by molar-refractivity contribution is 0.217. The SMILES string of the molecule is Cc1ccc(Cl)cc1N1CCC(C)(C)C(C#N)C1. The lowest BCUT2D eigenvalue weighted by atomic mass is 9.74. The van der Waals surface area contributed by atoms with E-state index in [0.717, 1.165) is 24.5 Å². The highest BCUT2D eigenvalue weighted by atomic mass is 35.5. The van der Waals surface area contributed by atoms with E-state index in [1.807, 2.05) is 18.2 Å². The predicted molar refractivity (Wildman–Crippen MR) is 75.9 cm³/mol. The molecule has 0 aliphatic carbocycles. The molecule has 0 bridgehead atoms. The van der Waals surface area contributed by atoms with Crippen molar-refractivity contribution in [1.29, 1.82) is 5.26 Å². The van der Waals surface area contributed by atoms with Gasteiger partial charge in [-0.1, -0.05) is 31.5 Å². The van der Waals surface area contributed by atoms with Crippen LogP contribution in [0.1, 0.15) is 25.8 Å². The van der Waals surface area contributed by atoms with Gasteiger partial charge >= 0.3 is 0 Å². The molecular formula is C15H19ClN2. The van der Waals surface area contributed by atoms with Crippen molar-refractivity contribution in [3.05, 3.63) is 28.8 Å². The van der Waals surface area contributed by atoms with Crippen LogP contribution in [0.15, 0.2) is 18.2 Å². The van der Waals surface area contributed by atoms with Crippen LogP contribution in [0, 0.1) is 29.6 Å². The molecule has 1 aliphatic heterocycles. The van der Waals surface area contributed by atoms with Crippen LogP contribution in [0.3, 0.4) is 0 Å². The fourth-order valence-electron chi connectivity index (χ4n) is 2.51. The van der Waals surface area contributed by atoms with E-state index in [9.17, 15) is 5.26 Å². The zero-order valence-electron chi connectivity index (χ0n) is 11.2. The summed E-state index contributed by atoms with van der Waals surface area (Å²) in [7, 11) is 0. The first-order valence-corrected chi connectivity index (χ1v) is 6.72. The number of nitriles is 1. The van der Waals surface area contributed by atoms with E-state index in [2.05, 4.69) is 31.7 Å². The molecule has 3 heteroatoms. The van der Waals surface area contributed by atoms with Crippen LogP contribution in [-0.4, -0.2) is 13.1 Å². The van der Waals surface area contributed by atoms with Gasteiger partial charge in [-0.25, -0.2) is 0 Å². The van der Waals surface area contributed by atoms with Gasteiger partial charge in [0.1, 0.15) is 0 Å². The third-order valence-electron chi connectivity index (χ3n) is 4.04. The second-order valence-corrected chi connectivity index (χ2v) is 6.23. The Hall–Kier alpha value is -1.20. The summed E-state index contributed by atoms with van der Waals surface area (Å²) >= 11 is 6.07. The molecule has 1 unspecified atom stereocenters. The molecule has 2 nitrogen and oxygen atoms in total. The number of hydrogen-bond donors (Lipinski definition) is 0. The number of nitrogens with zero attached hydrogens (tertiary/aromatic N) is 2. The van der Waals surface area contributed by atoms with Gasteiger partial charge in [-0.3, -0.25) is 0 Å². The summed E-state index contributed by atoms with van der Waals surface area (Å²) in [4.78, 5) is 2.29. The minimum atomic E-state index is 0.0737. The minimum Gasteiger partial charge on any atom is -0.370 e. The highest BCUT2D eigenvalue weighted by Gasteiger charge is 2.35. The number of piperidine rings is 1. The van der Waals surface area contributed by atoms with Crippen LogP contribution in [-0.2, 0) is 0 Å². The van der Waals surface area contributed by atoms with Gasteiger partial charge in [0.05, 0.1) is 12.0 Å². The predicted octanol–water partition coefficient (Wildman–Crippen LogP) is 4.02. The van der Waals surface area contributed by atoms with Crippen LogP contribution in [0.2, 0.25) is 5.02 Å². The highest BCUT2D eigenvalue weighted by molar-refractivity contribution is 6.30. The molecule has 1 fully saturated rings. The van der Waals surface area contributed by atoms with Gasteiger partial charge in [0.25, 0.3) is 0 Å². The van der Waals surface area contributed by atoms with Gasteiger partial charge < -0.3 is 4.90 Å². The summed E-state index contributed by atoms with van der Waals surface area (Å²) in [5.74, 6) is 0.0737. The maximum atomic E-state index is 9.31. The first-order valence-electron chi connectivity index (χ1n) is 6.35. The molecule has 0 radical (unpaired) electrons. The minimum absolute atomic E-state index is 0.0737. The van der Waals surface area contributed by atoms with Crippen molar-refractivity contribution >= 4 is 17.3 Å². The molecule has 2 rings (SSSR count). The largest absolute Gasteiger partial charge is 0.370 e. The molecule has 18 heavy (non-hydrogen) atoms. The molecule has 1 atom stereocenters. The quantitative estimate of drug-likeness (QED) is 0.764. The number of anilines is 1. The Morgan fingerprint density at radius 2 is 2.17 bits per heavy atom. The van der Waals surface area contributed by atoms with E-state index in [4.69, 9.17) is 11.6 Å². The first-order chi connectivity index (χ1) is 8.44. The molecule has 1 heterocycles. The Bertz CT molecular complexity index is 488. The third-order valence-corrected chi connectivity index (χ3v) is 4.28. The standard InChI is InChI=1S/C15H19ClN2/c1-11-4-5-13(16)8-14(11)18-7-6-15(2,3)12(9-17)10-18/h4-5,8,12H,6-7,10H2,1-3H3. The van der Waals surface area contributed by atoms with Gasteiger partial charge in [0.15, 0.2) is 0 Å². The fourth-order valence-corrected chi connectivity index (χ4v) is 2.68. The van der Waals surface area contributed by atoms with Gasteiger partial charge in [-0.15, -0.1) is 0 Å². The van der Waals surface area contributed by atoms with Crippen LogP contribution in [0.25, 0.3) is 0 Å². The second-order valence-electron chi connectivity index (χ2n) is 5.80. The van der Waals surface area contributed by atoms with Crippen molar-refractivity contribution in [3.8, 4) is 6.07 Å². The second kappa shape index (κ2) is 4.82. The smallest absolute Gasteiger partial charge is 0.0690 e. The lowest BCUT2D eigenvalue weighted by Crippen LogP contribution is -2.44. The number of rotatable bonds is 1. The van der Waals surface area contributed by atoms with Gasteiger partial charge in [-0.2, -0.15) is 5.26 Å². The van der Waals surface area contributed by atoms with Gasteiger partial charge in [-0.05, 0) is 36.5 Å². The average molecular weight is 263 g/mol. The molecule has 1 aliphatic rings. The molecule has 0 saturated carbocycles. The van der Waals surface area contributed by atoms with Crippen LogP contribution >= 0.6 is 11.6 Å². The van der Waals surface area contributed by atoms with E-state index >= 15 is 0 Å². The van der Waals surface area contributed by atoms with Crippen molar-refractivity contribution in [2.24, 2.45) is 11.3 Å². The Morgan fingerprint density at radius 3 is 2.83 bits per heavy atom. The summed E-state index contributed by atoms with van der Waals surface area (Å²) in [6, 6.07) is 8.41. The zero-order chi connectivity index (χ0) is 13.3. The average Bonchev–Trinajstić information content (AvgIpc) is 2.32. The maximum absolute atomic E-state index is 9.31. The van der Waals surface area contributed by atoms with Crippen LogP contribution in [0.5, 0.6) is 0 Å². The van der Waals surface area contributed by atoms with Crippen molar-refractivity contribution < 1.29 is 0 Å². The number of halogens is 1. The molecule has 0 spiro atoms. The fraction of sp³-hybridized carbons (Fsp3) is 0.533. The number of aryl methyl sites for hydroxylation is 1. The molecule has 0 N–H and O–H groups in total. The molecule has 96 valence electrons. The molecule has 1 aromatic rings. The summed E-state index contributed by atoms with van der Waals surface area (Å²) in [6.45, 7) is 8.25. The van der Waals surface area contributed by atoms with Crippen molar-refractivity contribution in [1.82, 2.24) is 0 Å². The Labute approximate surface area is 114 Å². The maximum Gasteiger partial charge on any atom is 0.0690 e. The van der Waals surface area contributed by atoms with Crippen molar-refractivity contribution in [2.75, 3.05) is 18.0 Å². The summed E-state index contributed by atoms with van der Waals surface area (Å²) in [6.07, 6.45) is 1.04. The molecular weight excluding hydrogens is 244 g/mol. The third kappa shape index (κ3) is 2.47. The topological polar surface area (TPSA) is 27.0 Å². The van der Waals surface area contributed by atoms with E-state index in [1.165, 1.54) is 11.3 Å². The molecule has 1 aromatic carbocycles. The summed E-state index contributed by atoms with van der Waals surface area (Å²) < 4.78 is 0. The lowest BCUT2D eigenvalue weighted by Gasteiger charge is -2.42. The van der Waals surface area contributed by atoms with E-state index in [1.54, 1.807) is 0 Å². The molecule has 1 saturated heterocycles. The molecule has 0 aromatic heterocycles. The van der Waals surface area contributed by atoms with Gasteiger partial charge in [0, 0.05) is 23.8 Å². The Morgan fingerprint density at radius 1 is 1.44 bits per heavy atom. The first kappa shape index (κ1) is 13.2. The normalized spacial score (nSPS) is 22.6. The summed E-state index contributed by atoms with van der Waals surface area (Å²) in [5.41, 5.74) is 2.49. The van der Waals surface area contributed by atoms with E-state index in [-0.39, 0.29) is 11.3 Å². The highest BCUT2D eigenvalue weighted by Crippen LogP contribution is 2.38. The molecule has 0 amide bonds. The van der Waals surface area contributed by atoms with Crippen LogP contribution in [0.4, 0.5) is 5.69 Å².